The van der Waals surface area contributed by atoms with E-state index in [0.717, 1.165) is 11.1 Å². The van der Waals surface area contributed by atoms with Gasteiger partial charge >= 0.3 is 23.0 Å². The smallest absolute Gasteiger partial charge is 0.519 e. The molecule has 97 valence electrons. The molecular formula is C13H20CuO3+4. The quantitative estimate of drug-likeness (QED) is 0.672. The predicted octanol–water partition coefficient (Wildman–Crippen LogP) is 2.21. The molecule has 0 aliphatic heterocycles. The molecule has 17 heavy (non-hydrogen) atoms. The van der Waals surface area contributed by atoms with Crippen molar-refractivity contribution in [3.63, 3.8) is 0 Å². The number of phenols is 1. The van der Waals surface area contributed by atoms with Crippen LogP contribution < -0.4 is 0 Å². The van der Waals surface area contributed by atoms with E-state index in [-0.39, 0.29) is 34.3 Å². The molecule has 0 amide bonds. The van der Waals surface area contributed by atoms with Crippen LogP contribution >= 0.6 is 0 Å². The maximum atomic E-state index is 9.94. The number of hydrogen-bond donors (Lipinski definition) is 1. The normalized spacial score (nSPS) is 10.5. The monoisotopic (exact) mass is 287 g/mol. The van der Waals surface area contributed by atoms with Crippen molar-refractivity contribution in [1.29, 1.82) is 0 Å². The molecule has 0 heterocycles. The molecule has 1 rings (SSSR count). The molecule has 0 bridgehead atoms. The maximum Gasteiger partial charge on any atom is 2.00 e. The number of hydrogen-bond acceptors (Lipinski definition) is 1. The van der Waals surface area contributed by atoms with Crippen molar-refractivity contribution < 1.29 is 32.1 Å². The Kier molecular flexibility index (Phi) is 5.73. The zero-order valence-electron chi connectivity index (χ0n) is 10.5. The van der Waals surface area contributed by atoms with Gasteiger partial charge in [0.05, 0.1) is 0 Å². The summed E-state index contributed by atoms with van der Waals surface area (Å²) in [5.74, 6) is -0.0956. The molecule has 1 aromatic rings. The van der Waals surface area contributed by atoms with Gasteiger partial charge in [-0.1, -0.05) is 33.8 Å². The Morgan fingerprint density at radius 1 is 1.18 bits per heavy atom. The van der Waals surface area contributed by atoms with Gasteiger partial charge in [-0.15, -0.1) is 0 Å². The van der Waals surface area contributed by atoms with Gasteiger partial charge in [-0.2, -0.15) is 4.79 Å². The summed E-state index contributed by atoms with van der Waals surface area (Å²) in [6, 6.07) is 3.62. The summed E-state index contributed by atoms with van der Waals surface area (Å²) in [6.45, 7) is 8.04. The van der Waals surface area contributed by atoms with E-state index in [4.69, 9.17) is 5.11 Å². The van der Waals surface area contributed by atoms with Gasteiger partial charge in [-0.3, -0.25) is 0 Å². The van der Waals surface area contributed by atoms with Crippen LogP contribution in [-0.2, 0) is 17.1 Å². The SMILES string of the molecule is CC(C)c1cc(C(=[OH+])[OH2+])c(O)c(C(C)C)c1.[Cu+2]. The van der Waals surface area contributed by atoms with Gasteiger partial charge in [0.15, 0.2) is 0 Å². The Morgan fingerprint density at radius 2 is 1.71 bits per heavy atom. The van der Waals surface area contributed by atoms with Crippen LogP contribution in [0.2, 0.25) is 0 Å². The summed E-state index contributed by atoms with van der Waals surface area (Å²) in [4.78, 5) is 9.24. The van der Waals surface area contributed by atoms with Crippen molar-refractivity contribution >= 4 is 5.97 Å². The van der Waals surface area contributed by atoms with E-state index < -0.39 is 5.97 Å². The Morgan fingerprint density at radius 3 is 2.06 bits per heavy atom. The molecule has 0 spiro atoms. The van der Waals surface area contributed by atoms with Gasteiger partial charge in [0.2, 0.25) is 5.56 Å². The number of phenolic OH excluding ortho intramolecular Hbond substituents is 1. The Hall–Kier alpha value is -0.991. The van der Waals surface area contributed by atoms with E-state index in [9.17, 15) is 9.90 Å². The predicted molar refractivity (Wildman–Crippen MR) is 65.9 cm³/mol. The topological polar surface area (TPSA) is 64.5 Å². The molecule has 0 aliphatic rings. The van der Waals surface area contributed by atoms with E-state index in [1.165, 1.54) is 0 Å². The van der Waals surface area contributed by atoms with Crippen LogP contribution in [0.5, 0.6) is 5.75 Å². The first-order valence-corrected chi connectivity index (χ1v) is 5.49. The Bertz CT molecular complexity index is 411. The minimum atomic E-state index is -0.582. The molecule has 4 heteroatoms. The molecule has 4 N–H and O–H groups in total. The minimum absolute atomic E-state index is 0. The largest absolute Gasteiger partial charge is 2.00 e. The number of aromatic hydroxyl groups is 1. The second-order valence-corrected chi connectivity index (χ2v) is 4.66. The van der Waals surface area contributed by atoms with Crippen LogP contribution in [0.3, 0.4) is 0 Å². The summed E-state index contributed by atoms with van der Waals surface area (Å²) in [6.07, 6.45) is 0. The summed E-state index contributed by atoms with van der Waals surface area (Å²) < 4.78 is 0. The van der Waals surface area contributed by atoms with Gasteiger partial charge in [-0.25, -0.2) is 0 Å². The molecule has 0 fully saturated rings. The molecule has 1 radical (unpaired) electrons. The zero-order valence-corrected chi connectivity index (χ0v) is 11.4. The zero-order chi connectivity index (χ0) is 12.5. The third kappa shape index (κ3) is 3.48. The fraction of sp³-hybridized carbons (Fsp3) is 0.462. The van der Waals surface area contributed by atoms with Gasteiger partial charge in [0.1, 0.15) is 5.75 Å². The fourth-order valence-corrected chi connectivity index (χ4v) is 1.63. The van der Waals surface area contributed by atoms with Crippen LogP contribution in [0.4, 0.5) is 0 Å². The first-order valence-electron chi connectivity index (χ1n) is 5.49. The minimum Gasteiger partial charge on any atom is -0.519 e. The van der Waals surface area contributed by atoms with E-state index in [0.29, 0.717) is 5.92 Å². The third-order valence-electron chi connectivity index (χ3n) is 2.71. The van der Waals surface area contributed by atoms with Crippen molar-refractivity contribution in [2.75, 3.05) is 0 Å². The van der Waals surface area contributed by atoms with Crippen molar-refractivity contribution in [3.8, 4) is 5.75 Å². The second-order valence-electron chi connectivity index (χ2n) is 4.66. The first-order chi connectivity index (χ1) is 7.34. The first kappa shape index (κ1) is 16.0. The number of rotatable bonds is 3. The fourth-order valence-electron chi connectivity index (χ4n) is 1.63. The van der Waals surface area contributed by atoms with Crippen LogP contribution in [0.15, 0.2) is 12.1 Å². The standard InChI is InChI=1S/C13H18O3.Cu/c1-7(2)9-5-10(8(3)4)12(14)11(6-9)13(15)16;/h5-8,14H,1-4H3,(H,15,16);/q;+2/p+2. The van der Waals surface area contributed by atoms with Crippen LogP contribution in [0.25, 0.3) is 0 Å². The number of carbonyl (C=O) groups excluding carboxylic acids is 1. The summed E-state index contributed by atoms with van der Waals surface area (Å²) in [5.41, 5.74) is 2.02. The summed E-state index contributed by atoms with van der Waals surface area (Å²) >= 11 is 0. The van der Waals surface area contributed by atoms with Gasteiger partial charge in [-0.05, 0) is 29.0 Å². The van der Waals surface area contributed by atoms with E-state index >= 15 is 0 Å². The summed E-state index contributed by atoms with van der Waals surface area (Å²) in [5, 5.41) is 17.2. The van der Waals surface area contributed by atoms with E-state index in [2.05, 4.69) is 0 Å². The van der Waals surface area contributed by atoms with Crippen molar-refractivity contribution in [3.05, 3.63) is 28.8 Å². The van der Waals surface area contributed by atoms with E-state index in [1.54, 1.807) is 6.07 Å². The average molecular weight is 288 g/mol. The van der Waals surface area contributed by atoms with Crippen LogP contribution in [0.1, 0.15) is 56.2 Å². The molecule has 1 aromatic carbocycles. The number of benzene rings is 1. The van der Waals surface area contributed by atoms with Crippen LogP contribution in [0, 0.1) is 0 Å². The van der Waals surface area contributed by atoms with Crippen molar-refractivity contribution in [2.24, 2.45) is 0 Å². The molecule has 0 atom stereocenters. The van der Waals surface area contributed by atoms with Crippen LogP contribution in [-0.4, -0.2) is 21.0 Å². The van der Waals surface area contributed by atoms with Gasteiger partial charge in [0, 0.05) is 0 Å². The average Bonchev–Trinajstić information content (AvgIpc) is 2.16. The molecule has 0 unspecified atom stereocenters. The Labute approximate surface area is 112 Å². The molecule has 0 saturated heterocycles. The van der Waals surface area contributed by atoms with E-state index in [1.807, 2.05) is 33.8 Å². The maximum absolute atomic E-state index is 9.94. The third-order valence-corrected chi connectivity index (χ3v) is 2.71. The van der Waals surface area contributed by atoms with Crippen molar-refractivity contribution in [2.45, 2.75) is 39.5 Å². The second kappa shape index (κ2) is 6.08. The molecule has 3 nitrogen and oxygen atoms in total. The molecule has 0 aliphatic carbocycles. The van der Waals surface area contributed by atoms with Gasteiger partial charge in [0.25, 0.3) is 0 Å². The molecular weight excluding hydrogens is 268 g/mol. The summed E-state index contributed by atoms with van der Waals surface area (Å²) in [7, 11) is 0. The van der Waals surface area contributed by atoms with Crippen molar-refractivity contribution in [1.82, 2.24) is 0 Å². The molecule has 0 aromatic heterocycles. The Balaban J connectivity index is 0.00000256. The molecule has 0 saturated carbocycles. The van der Waals surface area contributed by atoms with Gasteiger partial charge < -0.3 is 10.2 Å².